The number of benzene rings is 2. The van der Waals surface area contributed by atoms with Crippen LogP contribution in [-0.2, 0) is 4.79 Å². The van der Waals surface area contributed by atoms with Gasteiger partial charge in [0.25, 0.3) is 5.91 Å². The zero-order valence-electron chi connectivity index (χ0n) is 22.7. The van der Waals surface area contributed by atoms with Gasteiger partial charge in [0.05, 0.1) is 37.7 Å². The van der Waals surface area contributed by atoms with Gasteiger partial charge in [-0.1, -0.05) is 6.07 Å². The first-order valence-electron chi connectivity index (χ1n) is 13.4. The van der Waals surface area contributed by atoms with E-state index in [9.17, 15) is 9.59 Å². The molecule has 2 aromatic carbocycles. The van der Waals surface area contributed by atoms with Crippen molar-refractivity contribution >= 4 is 17.5 Å². The van der Waals surface area contributed by atoms with Gasteiger partial charge in [0.1, 0.15) is 11.5 Å². The summed E-state index contributed by atoms with van der Waals surface area (Å²) in [5, 5.41) is 3.01. The fourth-order valence-corrected chi connectivity index (χ4v) is 4.91. The standard InChI is InChI=1S/C31H33N5O4/c1-22-6-11-28(31(38)34-24-7-9-25(10-8-24)36-18-15-32-21-36)30(33-22)23-12-16-35(17-13-23)29(37)14-19-40-27-5-3-4-26(20-27)39-2/h3-11,15,18,20-21,23H,12-14,16-17,19H2,1-2H3,(H,34,38). The Morgan fingerprint density at radius 2 is 1.80 bits per heavy atom. The van der Waals surface area contributed by atoms with Crippen molar-refractivity contribution in [1.82, 2.24) is 19.4 Å². The second-order valence-corrected chi connectivity index (χ2v) is 9.79. The van der Waals surface area contributed by atoms with Gasteiger partial charge in [-0.05, 0) is 68.3 Å². The molecule has 1 saturated heterocycles. The van der Waals surface area contributed by atoms with Crippen molar-refractivity contribution in [2.24, 2.45) is 0 Å². The maximum Gasteiger partial charge on any atom is 0.257 e. The number of carbonyl (C=O) groups is 2. The molecule has 1 N–H and O–H groups in total. The second-order valence-electron chi connectivity index (χ2n) is 9.79. The van der Waals surface area contributed by atoms with E-state index in [-0.39, 0.29) is 17.7 Å². The van der Waals surface area contributed by atoms with E-state index < -0.39 is 0 Å². The number of imidazole rings is 1. The van der Waals surface area contributed by atoms with Crippen LogP contribution in [0, 0.1) is 6.92 Å². The summed E-state index contributed by atoms with van der Waals surface area (Å²) >= 11 is 0. The Bertz CT molecular complexity index is 1450. The number of nitrogens with one attached hydrogen (secondary N) is 1. The second kappa shape index (κ2) is 12.5. The van der Waals surface area contributed by atoms with Gasteiger partial charge >= 0.3 is 0 Å². The molecule has 0 atom stereocenters. The Morgan fingerprint density at radius 3 is 2.52 bits per heavy atom. The summed E-state index contributed by atoms with van der Waals surface area (Å²) in [6.07, 6.45) is 7.12. The normalized spacial score (nSPS) is 13.6. The molecule has 3 heterocycles. The fourth-order valence-electron chi connectivity index (χ4n) is 4.91. The van der Waals surface area contributed by atoms with Crippen LogP contribution in [0.1, 0.15) is 46.9 Å². The molecular weight excluding hydrogens is 506 g/mol. The lowest BCUT2D eigenvalue weighted by molar-refractivity contribution is -0.132. The summed E-state index contributed by atoms with van der Waals surface area (Å²) in [7, 11) is 1.61. The summed E-state index contributed by atoms with van der Waals surface area (Å²) in [5.41, 5.74) is 3.89. The number of likely N-dealkylation sites (tertiary alicyclic amines) is 1. The van der Waals surface area contributed by atoms with Crippen molar-refractivity contribution < 1.29 is 19.1 Å². The molecule has 206 valence electrons. The van der Waals surface area contributed by atoms with Crippen molar-refractivity contribution in [3.8, 4) is 17.2 Å². The van der Waals surface area contributed by atoms with Gasteiger partial charge in [-0.25, -0.2) is 4.98 Å². The Labute approximate surface area is 233 Å². The number of pyridine rings is 1. The number of aryl methyl sites for hydroxylation is 1. The Kier molecular flexibility index (Phi) is 8.39. The minimum absolute atomic E-state index is 0.0654. The summed E-state index contributed by atoms with van der Waals surface area (Å²) in [6.45, 7) is 3.48. The first-order valence-corrected chi connectivity index (χ1v) is 13.4. The number of methoxy groups -OCH3 is 1. The number of hydrogen-bond donors (Lipinski definition) is 1. The largest absolute Gasteiger partial charge is 0.497 e. The van der Waals surface area contributed by atoms with Crippen LogP contribution in [0.15, 0.2) is 79.4 Å². The quantitative estimate of drug-likeness (QED) is 0.321. The lowest BCUT2D eigenvalue weighted by Gasteiger charge is -2.32. The summed E-state index contributed by atoms with van der Waals surface area (Å²) in [4.78, 5) is 36.8. The van der Waals surface area contributed by atoms with Gasteiger partial charge in [-0.3, -0.25) is 14.6 Å². The fraction of sp³-hybridized carbons (Fsp3) is 0.290. The van der Waals surface area contributed by atoms with Gasteiger partial charge in [0.2, 0.25) is 5.91 Å². The molecule has 0 bridgehead atoms. The number of nitrogens with zero attached hydrogens (tertiary/aromatic N) is 4. The Morgan fingerprint density at radius 1 is 1.02 bits per heavy atom. The van der Waals surface area contributed by atoms with Crippen LogP contribution in [0.2, 0.25) is 0 Å². The maximum absolute atomic E-state index is 13.3. The average Bonchev–Trinajstić information content (AvgIpc) is 3.53. The third-order valence-electron chi connectivity index (χ3n) is 7.10. The van der Waals surface area contributed by atoms with Gasteiger partial charge in [0.15, 0.2) is 0 Å². The third-order valence-corrected chi connectivity index (χ3v) is 7.10. The Hall–Kier alpha value is -4.66. The topological polar surface area (TPSA) is 98.6 Å². The van der Waals surface area contributed by atoms with Crippen molar-refractivity contribution in [3.05, 3.63) is 96.3 Å². The molecule has 5 rings (SSSR count). The molecule has 0 radical (unpaired) electrons. The number of piperidine rings is 1. The predicted molar refractivity (Wildman–Crippen MR) is 152 cm³/mol. The third kappa shape index (κ3) is 6.48. The highest BCUT2D eigenvalue weighted by molar-refractivity contribution is 6.05. The minimum Gasteiger partial charge on any atom is -0.497 e. The number of anilines is 1. The summed E-state index contributed by atoms with van der Waals surface area (Å²) < 4.78 is 12.9. The summed E-state index contributed by atoms with van der Waals surface area (Å²) in [6, 6.07) is 18.7. The number of amides is 2. The van der Waals surface area contributed by atoms with Gasteiger partial charge in [-0.2, -0.15) is 0 Å². The van der Waals surface area contributed by atoms with Crippen LogP contribution in [0.5, 0.6) is 11.5 Å². The van der Waals surface area contributed by atoms with Crippen molar-refractivity contribution in [2.75, 3.05) is 32.1 Å². The van der Waals surface area contributed by atoms with E-state index in [2.05, 4.69) is 10.3 Å². The molecular formula is C31H33N5O4. The average molecular weight is 540 g/mol. The van der Waals surface area contributed by atoms with Crippen LogP contribution < -0.4 is 14.8 Å². The highest BCUT2D eigenvalue weighted by Gasteiger charge is 2.28. The van der Waals surface area contributed by atoms with Gasteiger partial charge < -0.3 is 24.3 Å². The maximum atomic E-state index is 13.3. The lowest BCUT2D eigenvalue weighted by Crippen LogP contribution is -2.39. The smallest absolute Gasteiger partial charge is 0.257 e. The number of rotatable bonds is 9. The van der Waals surface area contributed by atoms with E-state index in [1.807, 2.05) is 77.2 Å². The number of carbonyl (C=O) groups excluding carboxylic acids is 2. The molecule has 0 aliphatic carbocycles. The molecule has 0 spiro atoms. The number of ether oxygens (including phenoxy) is 2. The van der Waals surface area contributed by atoms with Gasteiger partial charge in [0, 0.05) is 54.5 Å². The molecule has 0 saturated carbocycles. The zero-order valence-corrected chi connectivity index (χ0v) is 22.7. The predicted octanol–water partition coefficient (Wildman–Crippen LogP) is 5.01. The van der Waals surface area contributed by atoms with Gasteiger partial charge in [-0.15, -0.1) is 0 Å². The lowest BCUT2D eigenvalue weighted by atomic mass is 9.89. The number of hydrogen-bond acceptors (Lipinski definition) is 6. The van der Waals surface area contributed by atoms with E-state index in [1.54, 1.807) is 25.7 Å². The SMILES string of the molecule is COc1cccc(OCCC(=O)N2CCC(c3nc(C)ccc3C(=O)Nc3ccc(-n4ccnc4)cc3)CC2)c1. The van der Waals surface area contributed by atoms with Crippen LogP contribution in [0.3, 0.4) is 0 Å². The van der Waals surface area contributed by atoms with Crippen molar-refractivity contribution in [3.63, 3.8) is 0 Å². The van der Waals surface area contributed by atoms with E-state index in [4.69, 9.17) is 14.5 Å². The van der Waals surface area contributed by atoms with E-state index >= 15 is 0 Å². The van der Waals surface area contributed by atoms with Crippen molar-refractivity contribution in [1.29, 1.82) is 0 Å². The van der Waals surface area contributed by atoms with Crippen LogP contribution in [-0.4, -0.2) is 58.1 Å². The molecule has 2 amide bonds. The molecule has 4 aromatic rings. The summed E-state index contributed by atoms with van der Waals surface area (Å²) in [5.74, 6) is 1.37. The first-order chi connectivity index (χ1) is 19.5. The monoisotopic (exact) mass is 539 g/mol. The molecule has 0 unspecified atom stereocenters. The molecule has 40 heavy (non-hydrogen) atoms. The van der Waals surface area contributed by atoms with Crippen LogP contribution >= 0.6 is 0 Å². The molecule has 9 nitrogen and oxygen atoms in total. The zero-order chi connectivity index (χ0) is 27.9. The highest BCUT2D eigenvalue weighted by atomic mass is 16.5. The van der Waals surface area contributed by atoms with Crippen LogP contribution in [0.25, 0.3) is 5.69 Å². The van der Waals surface area contributed by atoms with Crippen molar-refractivity contribution in [2.45, 2.75) is 32.1 Å². The Balaban J connectivity index is 1.17. The highest BCUT2D eigenvalue weighted by Crippen LogP contribution is 2.30. The van der Waals surface area contributed by atoms with E-state index in [0.29, 0.717) is 48.9 Å². The molecule has 2 aromatic heterocycles. The first kappa shape index (κ1) is 26.9. The van der Waals surface area contributed by atoms with E-state index in [0.717, 1.165) is 29.9 Å². The number of aromatic nitrogens is 3. The molecule has 1 aliphatic heterocycles. The van der Waals surface area contributed by atoms with Crippen LogP contribution in [0.4, 0.5) is 5.69 Å². The minimum atomic E-state index is -0.189. The van der Waals surface area contributed by atoms with E-state index in [1.165, 1.54) is 0 Å². The molecule has 1 aliphatic rings. The molecule has 9 heteroatoms. The molecule has 1 fully saturated rings.